The average Bonchev–Trinajstić information content (AvgIpc) is 2.24. The van der Waals surface area contributed by atoms with Crippen molar-refractivity contribution < 1.29 is 13.2 Å². The van der Waals surface area contributed by atoms with Gasteiger partial charge in [0.05, 0.1) is 11.8 Å². The molecule has 5 nitrogen and oxygen atoms in total. The molecule has 0 aromatic heterocycles. The van der Waals surface area contributed by atoms with Gasteiger partial charge in [-0.2, -0.15) is 0 Å². The number of amides is 1. The molecule has 2 N–H and O–H groups in total. The molecule has 0 bridgehead atoms. The van der Waals surface area contributed by atoms with E-state index in [-0.39, 0.29) is 23.5 Å². The lowest BCUT2D eigenvalue weighted by molar-refractivity contribution is -0.122. The van der Waals surface area contributed by atoms with Crippen LogP contribution in [0.15, 0.2) is 0 Å². The van der Waals surface area contributed by atoms with E-state index >= 15 is 0 Å². The summed E-state index contributed by atoms with van der Waals surface area (Å²) in [7, 11) is -2.89. The van der Waals surface area contributed by atoms with Crippen LogP contribution in [0.4, 0.5) is 0 Å². The van der Waals surface area contributed by atoms with Crippen LogP contribution in [-0.2, 0) is 14.6 Å². The van der Waals surface area contributed by atoms with Crippen molar-refractivity contribution in [3.63, 3.8) is 0 Å². The van der Waals surface area contributed by atoms with Crippen molar-refractivity contribution in [2.24, 2.45) is 0 Å². The SMILES string of the molecule is CCNC(=O)C(C)NCCCS(=O)(=O)CC. The summed E-state index contributed by atoms with van der Waals surface area (Å²) in [5.74, 6) is 0.304. The van der Waals surface area contributed by atoms with E-state index in [2.05, 4.69) is 10.6 Å². The fourth-order valence-electron chi connectivity index (χ4n) is 1.18. The van der Waals surface area contributed by atoms with Gasteiger partial charge in [0, 0.05) is 12.3 Å². The molecular formula is C10H22N2O3S. The second kappa shape index (κ2) is 7.62. The first-order chi connectivity index (χ1) is 7.43. The Morgan fingerprint density at radius 3 is 2.44 bits per heavy atom. The molecule has 0 saturated carbocycles. The summed E-state index contributed by atoms with van der Waals surface area (Å²) >= 11 is 0. The Hall–Kier alpha value is -0.620. The van der Waals surface area contributed by atoms with E-state index in [0.717, 1.165) is 0 Å². The van der Waals surface area contributed by atoms with Gasteiger partial charge in [0.1, 0.15) is 9.84 Å². The van der Waals surface area contributed by atoms with Crippen LogP contribution in [0.5, 0.6) is 0 Å². The molecule has 0 rings (SSSR count). The van der Waals surface area contributed by atoms with Crippen LogP contribution in [0.25, 0.3) is 0 Å². The zero-order valence-electron chi connectivity index (χ0n) is 10.2. The predicted octanol–water partition coefficient (Wildman–Crippen LogP) is -0.0746. The average molecular weight is 250 g/mol. The number of carbonyl (C=O) groups excluding carboxylic acids is 1. The van der Waals surface area contributed by atoms with Gasteiger partial charge in [0.25, 0.3) is 0 Å². The van der Waals surface area contributed by atoms with Crippen molar-refractivity contribution >= 4 is 15.7 Å². The first kappa shape index (κ1) is 15.4. The Morgan fingerprint density at radius 2 is 1.94 bits per heavy atom. The third-order valence-corrected chi connectivity index (χ3v) is 4.06. The molecule has 96 valence electrons. The highest BCUT2D eigenvalue weighted by Crippen LogP contribution is 1.93. The summed E-state index contributed by atoms with van der Waals surface area (Å²) in [6, 6.07) is -0.274. The second-order valence-corrected chi connectivity index (χ2v) is 6.13. The van der Waals surface area contributed by atoms with Gasteiger partial charge in [-0.25, -0.2) is 8.42 Å². The van der Waals surface area contributed by atoms with Gasteiger partial charge < -0.3 is 10.6 Å². The first-order valence-electron chi connectivity index (χ1n) is 5.64. The van der Waals surface area contributed by atoms with Crippen LogP contribution in [0, 0.1) is 0 Å². The minimum absolute atomic E-state index is 0.0548. The highest BCUT2D eigenvalue weighted by molar-refractivity contribution is 7.91. The summed E-state index contributed by atoms with van der Waals surface area (Å²) in [6.45, 7) is 6.41. The molecule has 0 fully saturated rings. The van der Waals surface area contributed by atoms with Gasteiger partial charge in [-0.05, 0) is 26.8 Å². The largest absolute Gasteiger partial charge is 0.355 e. The standard InChI is InChI=1S/C10H22N2O3S/c1-4-11-10(13)9(3)12-7-6-8-16(14,15)5-2/h9,12H,4-8H2,1-3H3,(H,11,13). The van der Waals surface area contributed by atoms with Crippen molar-refractivity contribution in [1.29, 1.82) is 0 Å². The Kier molecular flexibility index (Phi) is 7.33. The summed E-state index contributed by atoms with van der Waals surface area (Å²) in [4.78, 5) is 11.3. The van der Waals surface area contributed by atoms with Gasteiger partial charge in [-0.3, -0.25) is 4.79 Å². The lowest BCUT2D eigenvalue weighted by Gasteiger charge is -2.12. The molecule has 0 spiro atoms. The summed E-state index contributed by atoms with van der Waals surface area (Å²) < 4.78 is 22.3. The maximum absolute atomic E-state index is 11.3. The van der Waals surface area contributed by atoms with E-state index in [1.54, 1.807) is 13.8 Å². The Labute approximate surface area is 97.9 Å². The zero-order chi connectivity index (χ0) is 12.6. The van der Waals surface area contributed by atoms with E-state index in [9.17, 15) is 13.2 Å². The van der Waals surface area contributed by atoms with Crippen LogP contribution >= 0.6 is 0 Å². The molecule has 1 unspecified atom stereocenters. The molecule has 1 atom stereocenters. The fraction of sp³-hybridized carbons (Fsp3) is 0.900. The second-order valence-electron chi connectivity index (χ2n) is 3.66. The Morgan fingerprint density at radius 1 is 1.31 bits per heavy atom. The highest BCUT2D eigenvalue weighted by atomic mass is 32.2. The molecular weight excluding hydrogens is 228 g/mol. The number of hydrogen-bond donors (Lipinski definition) is 2. The van der Waals surface area contributed by atoms with Crippen LogP contribution in [0.2, 0.25) is 0 Å². The van der Waals surface area contributed by atoms with Gasteiger partial charge in [-0.1, -0.05) is 6.92 Å². The van der Waals surface area contributed by atoms with Gasteiger partial charge >= 0.3 is 0 Å². The Balaban J connectivity index is 3.71. The first-order valence-corrected chi connectivity index (χ1v) is 7.46. The smallest absolute Gasteiger partial charge is 0.236 e. The molecule has 0 aliphatic carbocycles. The molecule has 16 heavy (non-hydrogen) atoms. The van der Waals surface area contributed by atoms with Gasteiger partial charge in [0.15, 0.2) is 0 Å². The maximum atomic E-state index is 11.3. The summed E-state index contributed by atoms with van der Waals surface area (Å²) in [5, 5.41) is 5.68. The van der Waals surface area contributed by atoms with E-state index in [0.29, 0.717) is 19.5 Å². The topological polar surface area (TPSA) is 75.3 Å². The predicted molar refractivity (Wildman–Crippen MR) is 65.1 cm³/mol. The number of carbonyl (C=O) groups is 1. The molecule has 0 aromatic rings. The Bertz CT molecular complexity index is 301. The lowest BCUT2D eigenvalue weighted by Crippen LogP contribution is -2.42. The normalized spacial score (nSPS) is 13.4. The van der Waals surface area contributed by atoms with E-state index in [4.69, 9.17) is 0 Å². The molecule has 0 heterocycles. The molecule has 0 aliphatic heterocycles. The minimum Gasteiger partial charge on any atom is -0.355 e. The number of nitrogens with one attached hydrogen (secondary N) is 2. The van der Waals surface area contributed by atoms with Gasteiger partial charge in [-0.15, -0.1) is 0 Å². The minimum atomic E-state index is -2.89. The molecule has 0 radical (unpaired) electrons. The third kappa shape index (κ3) is 6.79. The van der Waals surface area contributed by atoms with E-state index < -0.39 is 9.84 Å². The van der Waals surface area contributed by atoms with Crippen molar-refractivity contribution in [3.05, 3.63) is 0 Å². The molecule has 0 aliphatic rings. The lowest BCUT2D eigenvalue weighted by atomic mass is 10.3. The van der Waals surface area contributed by atoms with Crippen molar-refractivity contribution in [2.75, 3.05) is 24.6 Å². The number of hydrogen-bond acceptors (Lipinski definition) is 4. The van der Waals surface area contributed by atoms with Crippen molar-refractivity contribution in [3.8, 4) is 0 Å². The van der Waals surface area contributed by atoms with E-state index in [1.165, 1.54) is 0 Å². The monoisotopic (exact) mass is 250 g/mol. The van der Waals surface area contributed by atoms with Gasteiger partial charge in [0.2, 0.25) is 5.91 Å². The van der Waals surface area contributed by atoms with Crippen LogP contribution in [-0.4, -0.2) is 45.0 Å². The molecule has 0 aromatic carbocycles. The number of sulfone groups is 1. The molecule has 0 saturated heterocycles. The van der Waals surface area contributed by atoms with Crippen LogP contribution in [0.1, 0.15) is 27.2 Å². The molecule has 1 amide bonds. The fourth-order valence-corrected chi connectivity index (χ4v) is 2.05. The zero-order valence-corrected chi connectivity index (χ0v) is 11.1. The number of likely N-dealkylation sites (N-methyl/N-ethyl adjacent to an activating group) is 1. The summed E-state index contributed by atoms with van der Waals surface area (Å²) in [5.41, 5.74) is 0. The van der Waals surface area contributed by atoms with E-state index in [1.807, 2.05) is 6.92 Å². The van der Waals surface area contributed by atoms with Crippen molar-refractivity contribution in [1.82, 2.24) is 10.6 Å². The quantitative estimate of drug-likeness (QED) is 0.591. The maximum Gasteiger partial charge on any atom is 0.236 e. The highest BCUT2D eigenvalue weighted by Gasteiger charge is 2.11. The van der Waals surface area contributed by atoms with Crippen LogP contribution < -0.4 is 10.6 Å². The third-order valence-electron chi connectivity index (χ3n) is 2.27. The summed E-state index contributed by atoms with van der Waals surface area (Å²) in [6.07, 6.45) is 0.542. The van der Waals surface area contributed by atoms with Crippen molar-refractivity contribution in [2.45, 2.75) is 33.2 Å². The van der Waals surface area contributed by atoms with Crippen LogP contribution in [0.3, 0.4) is 0 Å². The number of rotatable bonds is 8. The molecule has 6 heteroatoms.